The molecule has 168 valence electrons. The van der Waals surface area contributed by atoms with Gasteiger partial charge in [-0.25, -0.2) is 4.98 Å². The second-order valence-electron chi connectivity index (χ2n) is 7.71. The molecule has 4 aromatic rings. The molecule has 1 aliphatic carbocycles. The summed E-state index contributed by atoms with van der Waals surface area (Å²) >= 11 is 1.37. The van der Waals surface area contributed by atoms with Crippen molar-refractivity contribution in [2.75, 3.05) is 19.5 Å². The lowest BCUT2D eigenvalue weighted by molar-refractivity contribution is -0.00465. The number of ether oxygens (including phenoxy) is 3. The molecular formula is C24H21N3O5S. The predicted octanol–water partition coefficient (Wildman–Crippen LogP) is 5.28. The number of fused-ring (bicyclic) bond motifs is 2. The molecule has 3 aromatic heterocycles. The summed E-state index contributed by atoms with van der Waals surface area (Å²) in [4.78, 5) is 21.2. The van der Waals surface area contributed by atoms with Crippen LogP contribution in [0.15, 0.2) is 59.2 Å². The Bertz CT molecular complexity index is 1360. The van der Waals surface area contributed by atoms with Gasteiger partial charge < -0.3 is 18.6 Å². The lowest BCUT2D eigenvalue weighted by Gasteiger charge is -2.34. The van der Waals surface area contributed by atoms with E-state index in [9.17, 15) is 4.79 Å². The highest BCUT2D eigenvalue weighted by Crippen LogP contribution is 2.39. The van der Waals surface area contributed by atoms with Gasteiger partial charge in [-0.1, -0.05) is 11.3 Å². The minimum atomic E-state index is -0.605. The molecule has 8 nitrogen and oxygen atoms in total. The van der Waals surface area contributed by atoms with E-state index in [-0.39, 0.29) is 5.91 Å². The molecule has 0 fully saturated rings. The lowest BCUT2D eigenvalue weighted by Crippen LogP contribution is -2.36. The van der Waals surface area contributed by atoms with Crippen molar-refractivity contribution in [3.05, 3.63) is 71.6 Å². The molecule has 1 aromatic carbocycles. The molecule has 3 heterocycles. The first kappa shape index (κ1) is 21.2. The van der Waals surface area contributed by atoms with E-state index < -0.39 is 5.60 Å². The maximum Gasteiger partial charge on any atom is 0.260 e. The highest BCUT2D eigenvalue weighted by atomic mass is 32.1. The molecule has 1 atom stereocenters. The number of benzene rings is 1. The fourth-order valence-corrected chi connectivity index (χ4v) is 4.64. The molecule has 1 amide bonds. The van der Waals surface area contributed by atoms with E-state index in [1.165, 1.54) is 23.9 Å². The van der Waals surface area contributed by atoms with Crippen LogP contribution in [0.1, 0.15) is 28.5 Å². The Labute approximate surface area is 193 Å². The molecule has 9 heteroatoms. The van der Waals surface area contributed by atoms with Crippen molar-refractivity contribution in [2.45, 2.75) is 18.9 Å². The molecule has 0 saturated heterocycles. The monoisotopic (exact) mass is 463 g/mol. The van der Waals surface area contributed by atoms with E-state index in [2.05, 4.69) is 15.3 Å². The number of hydrogen-bond acceptors (Lipinski definition) is 8. The van der Waals surface area contributed by atoms with Gasteiger partial charge in [0, 0.05) is 37.4 Å². The van der Waals surface area contributed by atoms with E-state index in [4.69, 9.17) is 18.6 Å². The summed E-state index contributed by atoms with van der Waals surface area (Å²) in [6.45, 7) is 1.98. The van der Waals surface area contributed by atoms with Crippen LogP contribution < -0.4 is 10.1 Å². The largest absolute Gasteiger partial charge is 0.498 e. The zero-order valence-corrected chi connectivity index (χ0v) is 19.1. The number of amides is 1. The van der Waals surface area contributed by atoms with Gasteiger partial charge >= 0.3 is 0 Å². The van der Waals surface area contributed by atoms with E-state index in [1.807, 2.05) is 37.3 Å². The standard InChI is InChI=1S/C24H21N3O5S/c1-24(30-3)12-16-18(11-21(24)29-2)25-8-6-19(16)32-15-4-5-17-20(10-15)33-23(26-17)27-22(28)14-7-9-31-13-14/h4-11,13H,12H2,1-3H3,(H,26,27,28). The van der Waals surface area contributed by atoms with Crippen LogP contribution >= 0.6 is 11.3 Å². The molecule has 33 heavy (non-hydrogen) atoms. The first-order chi connectivity index (χ1) is 16.0. The second kappa shape index (κ2) is 8.34. The van der Waals surface area contributed by atoms with Crippen LogP contribution in [0.2, 0.25) is 0 Å². The Hall–Kier alpha value is -3.69. The van der Waals surface area contributed by atoms with Crippen molar-refractivity contribution in [3.63, 3.8) is 0 Å². The van der Waals surface area contributed by atoms with Gasteiger partial charge in [0.2, 0.25) is 0 Å². The highest BCUT2D eigenvalue weighted by molar-refractivity contribution is 7.22. The summed E-state index contributed by atoms with van der Waals surface area (Å²) in [7, 11) is 3.29. The Morgan fingerprint density at radius 1 is 1.24 bits per heavy atom. The van der Waals surface area contributed by atoms with Crippen LogP contribution in [0, 0.1) is 0 Å². The summed E-state index contributed by atoms with van der Waals surface area (Å²) in [5.41, 5.74) is 2.34. The van der Waals surface area contributed by atoms with Crippen LogP contribution in [0.4, 0.5) is 5.13 Å². The van der Waals surface area contributed by atoms with Gasteiger partial charge in [-0.2, -0.15) is 0 Å². The molecule has 1 N–H and O–H groups in total. The Morgan fingerprint density at radius 3 is 2.88 bits per heavy atom. The van der Waals surface area contributed by atoms with Gasteiger partial charge in [-0.05, 0) is 31.2 Å². The summed E-state index contributed by atoms with van der Waals surface area (Å²) in [6.07, 6.45) is 7.01. The van der Waals surface area contributed by atoms with Gasteiger partial charge in [-0.3, -0.25) is 15.1 Å². The van der Waals surface area contributed by atoms with Crippen molar-refractivity contribution in [1.82, 2.24) is 9.97 Å². The van der Waals surface area contributed by atoms with Crippen molar-refractivity contribution in [3.8, 4) is 11.5 Å². The number of aromatic nitrogens is 2. The number of anilines is 1. The normalized spacial score (nSPS) is 17.4. The highest BCUT2D eigenvalue weighted by Gasteiger charge is 2.36. The number of pyridine rings is 1. The average Bonchev–Trinajstić information content (AvgIpc) is 3.48. The molecule has 0 radical (unpaired) electrons. The summed E-state index contributed by atoms with van der Waals surface area (Å²) in [6, 6.07) is 9.06. The number of thiazole rings is 1. The molecule has 1 unspecified atom stereocenters. The van der Waals surface area contributed by atoms with Gasteiger partial charge in [0.15, 0.2) is 5.13 Å². The molecular weight excluding hydrogens is 442 g/mol. The van der Waals surface area contributed by atoms with Crippen LogP contribution in [-0.4, -0.2) is 35.7 Å². The number of carbonyl (C=O) groups is 1. The van der Waals surface area contributed by atoms with E-state index in [0.29, 0.717) is 28.6 Å². The molecule has 0 spiro atoms. The minimum absolute atomic E-state index is 0.271. The minimum Gasteiger partial charge on any atom is -0.498 e. The number of hydrogen-bond donors (Lipinski definition) is 1. The van der Waals surface area contributed by atoms with Crippen molar-refractivity contribution < 1.29 is 23.4 Å². The third kappa shape index (κ3) is 3.96. The number of nitrogens with zero attached hydrogens (tertiary/aromatic N) is 2. The van der Waals surface area contributed by atoms with E-state index in [0.717, 1.165) is 27.2 Å². The maximum absolute atomic E-state index is 12.3. The lowest BCUT2D eigenvalue weighted by atomic mass is 9.87. The summed E-state index contributed by atoms with van der Waals surface area (Å²) in [5, 5.41) is 3.30. The fraction of sp³-hybridized carbons (Fsp3) is 0.208. The van der Waals surface area contributed by atoms with Crippen molar-refractivity contribution >= 4 is 38.7 Å². The predicted molar refractivity (Wildman–Crippen MR) is 125 cm³/mol. The van der Waals surface area contributed by atoms with Gasteiger partial charge in [0.25, 0.3) is 5.91 Å². The number of carbonyl (C=O) groups excluding carboxylic acids is 1. The van der Waals surface area contributed by atoms with Crippen LogP contribution in [-0.2, 0) is 15.9 Å². The molecule has 0 aliphatic heterocycles. The fourth-order valence-electron chi connectivity index (χ4n) is 3.75. The quantitative estimate of drug-likeness (QED) is 0.416. The van der Waals surface area contributed by atoms with Gasteiger partial charge in [-0.15, -0.1) is 0 Å². The number of furan rings is 1. The van der Waals surface area contributed by atoms with Crippen molar-refractivity contribution in [1.29, 1.82) is 0 Å². The smallest absolute Gasteiger partial charge is 0.260 e. The zero-order chi connectivity index (χ0) is 23.0. The van der Waals surface area contributed by atoms with Crippen LogP contribution in [0.5, 0.6) is 11.5 Å². The van der Waals surface area contributed by atoms with E-state index >= 15 is 0 Å². The molecule has 0 saturated carbocycles. The summed E-state index contributed by atoms with van der Waals surface area (Å²) in [5.74, 6) is 1.81. The first-order valence-electron chi connectivity index (χ1n) is 10.2. The van der Waals surface area contributed by atoms with Crippen LogP contribution in [0.25, 0.3) is 16.3 Å². The molecule has 5 rings (SSSR count). The maximum atomic E-state index is 12.3. The first-order valence-corrected chi connectivity index (χ1v) is 11.0. The number of rotatable bonds is 6. The van der Waals surface area contributed by atoms with Gasteiger partial charge in [0.05, 0.1) is 34.8 Å². The topological polar surface area (TPSA) is 95.7 Å². The summed E-state index contributed by atoms with van der Waals surface area (Å²) < 4.78 is 23.4. The third-order valence-corrected chi connectivity index (χ3v) is 6.54. The number of methoxy groups -OCH3 is 2. The Kier molecular flexibility index (Phi) is 5.35. The molecule has 0 bridgehead atoms. The third-order valence-electron chi connectivity index (χ3n) is 5.61. The Balaban J connectivity index is 1.41. The average molecular weight is 464 g/mol. The zero-order valence-electron chi connectivity index (χ0n) is 18.2. The van der Waals surface area contributed by atoms with Gasteiger partial charge in [0.1, 0.15) is 29.1 Å². The van der Waals surface area contributed by atoms with Crippen molar-refractivity contribution in [2.24, 2.45) is 0 Å². The second-order valence-corrected chi connectivity index (χ2v) is 8.74. The Morgan fingerprint density at radius 2 is 2.12 bits per heavy atom. The van der Waals surface area contributed by atoms with Crippen LogP contribution in [0.3, 0.4) is 0 Å². The SMILES string of the molecule is COC1=Cc2nccc(Oc3ccc4nc(NC(=O)c5ccoc5)sc4c3)c2CC1(C)OC. The van der Waals surface area contributed by atoms with E-state index in [1.54, 1.807) is 26.5 Å². The number of nitrogens with one attached hydrogen (secondary N) is 1. The molecule has 1 aliphatic rings.